The monoisotopic (exact) mass is 348 g/mol. The Morgan fingerprint density at radius 2 is 1.62 bits per heavy atom. The predicted molar refractivity (Wildman–Crippen MR) is 103 cm³/mol. The summed E-state index contributed by atoms with van der Waals surface area (Å²) in [4.78, 5) is 12.2. The van der Waals surface area contributed by atoms with Gasteiger partial charge in [-0.15, -0.1) is 0 Å². The van der Waals surface area contributed by atoms with Crippen molar-refractivity contribution in [1.82, 2.24) is 0 Å². The second-order valence-corrected chi connectivity index (χ2v) is 5.81. The summed E-state index contributed by atoms with van der Waals surface area (Å²) in [5.41, 5.74) is 3.58. The van der Waals surface area contributed by atoms with Gasteiger partial charge in [-0.05, 0) is 35.7 Å². The molecule has 0 radical (unpaired) electrons. The van der Waals surface area contributed by atoms with E-state index in [1.165, 1.54) is 6.07 Å². The van der Waals surface area contributed by atoms with Gasteiger partial charge in [0, 0.05) is 29.6 Å². The minimum atomic E-state index is -0.415. The number of rotatable bonds is 5. The van der Waals surface area contributed by atoms with Gasteiger partial charge in [-0.2, -0.15) is 0 Å². The number of benzene rings is 3. The molecule has 0 heterocycles. The van der Waals surface area contributed by atoms with E-state index in [4.69, 9.17) is 5.11 Å². The molecule has 0 spiro atoms. The van der Waals surface area contributed by atoms with Gasteiger partial charge in [0.15, 0.2) is 0 Å². The number of nitrogens with one attached hydrogen (secondary N) is 2. The van der Waals surface area contributed by atoms with E-state index in [1.807, 2.05) is 48.5 Å². The molecular formula is C21H20N2O3. The van der Waals surface area contributed by atoms with Crippen LogP contribution in [0, 0.1) is 0 Å². The summed E-state index contributed by atoms with van der Waals surface area (Å²) in [6.07, 6.45) is 0.461. The van der Waals surface area contributed by atoms with E-state index in [9.17, 15) is 9.90 Å². The maximum atomic E-state index is 12.2. The van der Waals surface area contributed by atoms with E-state index < -0.39 is 6.03 Å². The van der Waals surface area contributed by atoms with Crippen molar-refractivity contribution in [3.8, 4) is 16.9 Å². The first-order valence-electron chi connectivity index (χ1n) is 8.32. The van der Waals surface area contributed by atoms with E-state index in [0.717, 1.165) is 11.1 Å². The molecule has 5 heteroatoms. The third-order valence-corrected chi connectivity index (χ3v) is 3.99. The number of aliphatic hydroxyl groups is 1. The number of aromatic hydroxyl groups is 1. The quantitative estimate of drug-likeness (QED) is 0.557. The van der Waals surface area contributed by atoms with Crippen LogP contribution in [0.5, 0.6) is 5.75 Å². The number of aliphatic hydroxyl groups excluding tert-OH is 1. The number of phenols is 1. The fourth-order valence-corrected chi connectivity index (χ4v) is 2.74. The molecule has 5 nitrogen and oxygen atoms in total. The first kappa shape index (κ1) is 17.5. The number of hydrogen-bond acceptors (Lipinski definition) is 3. The third-order valence-electron chi connectivity index (χ3n) is 3.99. The zero-order valence-corrected chi connectivity index (χ0v) is 14.1. The van der Waals surface area contributed by atoms with Gasteiger partial charge in [-0.25, -0.2) is 4.79 Å². The third kappa shape index (κ3) is 4.20. The van der Waals surface area contributed by atoms with Crippen LogP contribution in [0.4, 0.5) is 16.2 Å². The Bertz CT molecular complexity index is 895. The first-order chi connectivity index (χ1) is 12.7. The zero-order valence-electron chi connectivity index (χ0n) is 14.1. The second kappa shape index (κ2) is 8.18. The molecule has 0 aliphatic carbocycles. The van der Waals surface area contributed by atoms with Crippen LogP contribution in [-0.2, 0) is 6.42 Å². The van der Waals surface area contributed by atoms with E-state index in [2.05, 4.69) is 10.6 Å². The Morgan fingerprint density at radius 1 is 0.885 bits per heavy atom. The van der Waals surface area contributed by atoms with Gasteiger partial charge in [-0.1, -0.05) is 48.5 Å². The van der Waals surface area contributed by atoms with Crippen molar-refractivity contribution in [3.63, 3.8) is 0 Å². The summed E-state index contributed by atoms with van der Waals surface area (Å²) in [5, 5.41) is 24.8. The number of phenolic OH excluding ortho intramolecular Hbond substituents is 1. The van der Waals surface area contributed by atoms with Crippen LogP contribution in [0.1, 0.15) is 5.56 Å². The largest absolute Gasteiger partial charge is 0.507 e. The van der Waals surface area contributed by atoms with Crippen molar-refractivity contribution in [2.75, 3.05) is 17.2 Å². The fourth-order valence-electron chi connectivity index (χ4n) is 2.74. The van der Waals surface area contributed by atoms with E-state index >= 15 is 0 Å². The van der Waals surface area contributed by atoms with Crippen molar-refractivity contribution in [2.24, 2.45) is 0 Å². The van der Waals surface area contributed by atoms with E-state index in [0.29, 0.717) is 23.4 Å². The Labute approximate surface area is 151 Å². The van der Waals surface area contributed by atoms with Gasteiger partial charge in [0.2, 0.25) is 0 Å². The lowest BCUT2D eigenvalue weighted by atomic mass is 10.0. The van der Waals surface area contributed by atoms with Gasteiger partial charge in [-0.3, -0.25) is 0 Å². The molecule has 0 fully saturated rings. The molecule has 132 valence electrons. The highest BCUT2D eigenvalue weighted by Crippen LogP contribution is 2.31. The molecule has 0 bridgehead atoms. The molecule has 0 saturated carbocycles. The average molecular weight is 348 g/mol. The topological polar surface area (TPSA) is 81.6 Å². The number of para-hydroxylation sites is 1. The van der Waals surface area contributed by atoms with E-state index in [1.54, 1.807) is 18.2 Å². The average Bonchev–Trinajstić information content (AvgIpc) is 2.64. The predicted octanol–water partition coefficient (Wildman–Crippen LogP) is 4.24. The van der Waals surface area contributed by atoms with Crippen molar-refractivity contribution in [1.29, 1.82) is 0 Å². The Balaban J connectivity index is 1.71. The molecule has 3 aromatic rings. The summed E-state index contributed by atoms with van der Waals surface area (Å²) >= 11 is 0. The number of urea groups is 1. The van der Waals surface area contributed by atoms with Crippen LogP contribution in [0.25, 0.3) is 11.1 Å². The first-order valence-corrected chi connectivity index (χ1v) is 8.32. The second-order valence-electron chi connectivity index (χ2n) is 5.81. The van der Waals surface area contributed by atoms with Crippen molar-refractivity contribution in [3.05, 3.63) is 78.4 Å². The van der Waals surface area contributed by atoms with E-state index in [-0.39, 0.29) is 12.4 Å². The highest BCUT2D eigenvalue weighted by Gasteiger charge is 2.09. The van der Waals surface area contributed by atoms with Crippen LogP contribution in [0.3, 0.4) is 0 Å². The number of hydrogen-bond donors (Lipinski definition) is 4. The molecule has 0 aliphatic heterocycles. The Kier molecular flexibility index (Phi) is 5.51. The van der Waals surface area contributed by atoms with Crippen molar-refractivity contribution >= 4 is 17.4 Å². The van der Waals surface area contributed by atoms with Crippen LogP contribution < -0.4 is 10.6 Å². The molecule has 4 N–H and O–H groups in total. The van der Waals surface area contributed by atoms with Crippen molar-refractivity contribution < 1.29 is 15.0 Å². The lowest BCUT2D eigenvalue weighted by molar-refractivity contribution is 0.262. The molecule has 0 saturated heterocycles. The van der Waals surface area contributed by atoms with Gasteiger partial charge in [0.25, 0.3) is 0 Å². The van der Waals surface area contributed by atoms with Gasteiger partial charge in [0.05, 0.1) is 0 Å². The van der Waals surface area contributed by atoms with Gasteiger partial charge < -0.3 is 20.8 Å². The lowest BCUT2D eigenvalue weighted by Gasteiger charge is -2.12. The number of carbonyl (C=O) groups is 1. The number of carbonyl (C=O) groups excluding carboxylic acids is 1. The molecular weight excluding hydrogens is 328 g/mol. The SMILES string of the molecule is O=C(Nc1ccc(-c2ccccc2)c(O)c1)Nc1ccccc1CCO. The minimum absolute atomic E-state index is 0.00906. The van der Waals surface area contributed by atoms with Crippen LogP contribution in [0.15, 0.2) is 72.8 Å². The minimum Gasteiger partial charge on any atom is -0.507 e. The summed E-state index contributed by atoms with van der Waals surface area (Å²) in [5.74, 6) is 0.0923. The van der Waals surface area contributed by atoms with Crippen LogP contribution in [0.2, 0.25) is 0 Å². The van der Waals surface area contributed by atoms with Gasteiger partial charge >= 0.3 is 6.03 Å². The standard InChI is InChI=1S/C21H20N2O3/c24-13-12-16-8-4-5-9-19(16)23-21(26)22-17-10-11-18(20(25)14-17)15-6-2-1-3-7-15/h1-11,14,24-25H,12-13H2,(H2,22,23,26). The molecule has 2 amide bonds. The molecule has 0 aliphatic rings. The summed E-state index contributed by atoms with van der Waals surface area (Å²) in [6.45, 7) is 0.00906. The summed E-state index contributed by atoms with van der Waals surface area (Å²) in [7, 11) is 0. The number of amides is 2. The molecule has 0 unspecified atom stereocenters. The van der Waals surface area contributed by atoms with Crippen LogP contribution in [-0.4, -0.2) is 22.9 Å². The zero-order chi connectivity index (χ0) is 18.4. The van der Waals surface area contributed by atoms with Crippen molar-refractivity contribution in [2.45, 2.75) is 6.42 Å². The maximum absolute atomic E-state index is 12.2. The number of anilines is 2. The molecule has 3 rings (SSSR count). The lowest BCUT2D eigenvalue weighted by Crippen LogP contribution is -2.20. The maximum Gasteiger partial charge on any atom is 0.323 e. The molecule has 26 heavy (non-hydrogen) atoms. The molecule has 0 aromatic heterocycles. The fraction of sp³-hybridized carbons (Fsp3) is 0.0952. The normalized spacial score (nSPS) is 10.3. The smallest absolute Gasteiger partial charge is 0.323 e. The Hall–Kier alpha value is -3.31. The summed E-state index contributed by atoms with van der Waals surface area (Å²) < 4.78 is 0. The van der Waals surface area contributed by atoms with Crippen LogP contribution >= 0.6 is 0 Å². The molecule has 0 atom stereocenters. The molecule has 3 aromatic carbocycles. The highest BCUT2D eigenvalue weighted by atomic mass is 16.3. The highest BCUT2D eigenvalue weighted by molar-refractivity contribution is 6.00. The summed E-state index contributed by atoms with van der Waals surface area (Å²) in [6, 6.07) is 21.4. The van der Waals surface area contributed by atoms with Gasteiger partial charge in [0.1, 0.15) is 5.75 Å². The Morgan fingerprint density at radius 3 is 2.35 bits per heavy atom.